The molecule has 4 nitrogen and oxygen atoms in total. The number of ketones is 1. The molecule has 0 atom stereocenters. The highest BCUT2D eigenvalue weighted by Crippen LogP contribution is 2.32. The molecular weight excluding hydrogens is 297 g/mol. The summed E-state index contributed by atoms with van der Waals surface area (Å²) < 4.78 is 4.97. The van der Waals surface area contributed by atoms with E-state index in [4.69, 9.17) is 11.6 Å². The second kappa shape index (κ2) is 5.32. The number of methoxy groups -OCH3 is 1. The van der Waals surface area contributed by atoms with Crippen molar-refractivity contribution < 1.29 is 14.3 Å². The molecule has 0 radical (unpaired) electrons. The maximum Gasteiger partial charge on any atom is 0.411 e. The van der Waals surface area contributed by atoms with Gasteiger partial charge in [-0.1, -0.05) is 11.6 Å². The number of Topliss-reactive ketones (excluding diaryl/α,β-unsaturated/α-hetero) is 1. The Balaban J connectivity index is 3.12. The van der Waals surface area contributed by atoms with Crippen molar-refractivity contribution in [3.05, 3.63) is 27.2 Å². The molecule has 0 fully saturated rings. The van der Waals surface area contributed by atoms with Gasteiger partial charge in [0.25, 0.3) is 0 Å². The molecule has 0 heterocycles. The van der Waals surface area contributed by atoms with E-state index in [2.05, 4.69) is 26.0 Å². The summed E-state index contributed by atoms with van der Waals surface area (Å²) in [6, 6.07) is 3.07. The van der Waals surface area contributed by atoms with Crippen molar-refractivity contribution in [3.63, 3.8) is 0 Å². The first-order chi connectivity index (χ1) is 7.45. The van der Waals surface area contributed by atoms with Crippen LogP contribution in [0.15, 0.2) is 16.6 Å². The van der Waals surface area contributed by atoms with E-state index in [1.165, 1.54) is 20.1 Å². The highest BCUT2D eigenvalue weighted by atomic mass is 79.9. The monoisotopic (exact) mass is 305 g/mol. The van der Waals surface area contributed by atoms with Crippen molar-refractivity contribution >= 4 is 45.1 Å². The van der Waals surface area contributed by atoms with Crippen molar-refractivity contribution in [2.75, 3.05) is 12.4 Å². The van der Waals surface area contributed by atoms with E-state index < -0.39 is 6.09 Å². The normalized spacial score (nSPS) is 9.75. The standard InChI is InChI=1S/C10H9BrClNO3/c1-5(14)6-3-7(11)9(8(12)4-6)13-10(15)16-2/h3-4H,1-2H3,(H,13,15). The van der Waals surface area contributed by atoms with E-state index >= 15 is 0 Å². The van der Waals surface area contributed by atoms with Crippen molar-refractivity contribution in [3.8, 4) is 0 Å². The summed E-state index contributed by atoms with van der Waals surface area (Å²) >= 11 is 9.14. The lowest BCUT2D eigenvalue weighted by molar-refractivity contribution is 0.101. The van der Waals surface area contributed by atoms with Gasteiger partial charge in [0.1, 0.15) is 0 Å². The summed E-state index contributed by atoms with van der Waals surface area (Å²) in [5.74, 6) is -0.104. The number of nitrogens with one attached hydrogen (secondary N) is 1. The van der Waals surface area contributed by atoms with Crippen LogP contribution in [-0.2, 0) is 4.74 Å². The highest BCUT2D eigenvalue weighted by Gasteiger charge is 2.12. The number of anilines is 1. The zero-order chi connectivity index (χ0) is 12.3. The fourth-order valence-electron chi connectivity index (χ4n) is 1.05. The lowest BCUT2D eigenvalue weighted by atomic mass is 10.1. The number of benzene rings is 1. The first kappa shape index (κ1) is 13.0. The topological polar surface area (TPSA) is 55.4 Å². The summed E-state index contributed by atoms with van der Waals surface area (Å²) in [5.41, 5.74) is 0.839. The summed E-state index contributed by atoms with van der Waals surface area (Å²) in [6.07, 6.45) is -0.627. The van der Waals surface area contributed by atoms with Crippen LogP contribution >= 0.6 is 27.5 Å². The van der Waals surface area contributed by atoms with Gasteiger partial charge in [0.05, 0.1) is 17.8 Å². The maximum absolute atomic E-state index is 11.1. The molecule has 0 aliphatic heterocycles. The van der Waals surface area contributed by atoms with E-state index in [1.807, 2.05) is 0 Å². The molecule has 1 rings (SSSR count). The third-order valence-electron chi connectivity index (χ3n) is 1.86. The van der Waals surface area contributed by atoms with Crippen LogP contribution in [0.3, 0.4) is 0 Å². The van der Waals surface area contributed by atoms with Crippen molar-refractivity contribution in [2.24, 2.45) is 0 Å². The van der Waals surface area contributed by atoms with Gasteiger partial charge in [0, 0.05) is 10.0 Å². The van der Waals surface area contributed by atoms with Crippen LogP contribution in [0.1, 0.15) is 17.3 Å². The zero-order valence-electron chi connectivity index (χ0n) is 8.64. The highest BCUT2D eigenvalue weighted by molar-refractivity contribution is 9.10. The Morgan fingerprint density at radius 3 is 2.50 bits per heavy atom. The molecule has 1 amide bonds. The van der Waals surface area contributed by atoms with Crippen LogP contribution in [0.4, 0.5) is 10.5 Å². The molecule has 16 heavy (non-hydrogen) atoms. The third-order valence-corrected chi connectivity index (χ3v) is 2.78. The number of hydrogen-bond acceptors (Lipinski definition) is 3. The van der Waals surface area contributed by atoms with Crippen LogP contribution < -0.4 is 5.32 Å². The Bertz CT molecular complexity index is 425. The van der Waals surface area contributed by atoms with Gasteiger partial charge in [-0.2, -0.15) is 0 Å². The first-order valence-electron chi connectivity index (χ1n) is 4.30. The van der Waals surface area contributed by atoms with E-state index in [0.717, 1.165) is 0 Å². The number of halogens is 2. The first-order valence-corrected chi connectivity index (χ1v) is 5.47. The van der Waals surface area contributed by atoms with Gasteiger partial charge in [-0.15, -0.1) is 0 Å². The molecule has 1 aromatic rings. The van der Waals surface area contributed by atoms with Crippen LogP contribution in [0.2, 0.25) is 5.02 Å². The Morgan fingerprint density at radius 2 is 2.06 bits per heavy atom. The SMILES string of the molecule is COC(=O)Nc1c(Cl)cc(C(C)=O)cc1Br. The number of carbonyl (C=O) groups is 2. The molecule has 0 aliphatic rings. The molecule has 0 spiro atoms. The quantitative estimate of drug-likeness (QED) is 0.851. The summed E-state index contributed by atoms with van der Waals surface area (Å²) in [6.45, 7) is 1.44. The van der Waals surface area contributed by atoms with E-state index in [9.17, 15) is 9.59 Å². The van der Waals surface area contributed by atoms with Gasteiger partial charge in [-0.25, -0.2) is 4.79 Å². The minimum absolute atomic E-state index is 0.104. The van der Waals surface area contributed by atoms with Gasteiger partial charge in [0.2, 0.25) is 0 Å². The van der Waals surface area contributed by atoms with Crippen LogP contribution in [0.5, 0.6) is 0 Å². The summed E-state index contributed by atoms with van der Waals surface area (Å²) in [5, 5.41) is 2.71. The van der Waals surface area contributed by atoms with Gasteiger partial charge in [-0.3, -0.25) is 10.1 Å². The molecule has 6 heteroatoms. The molecule has 0 aliphatic carbocycles. The number of rotatable bonds is 2. The van der Waals surface area contributed by atoms with Crippen LogP contribution in [-0.4, -0.2) is 19.0 Å². The van der Waals surface area contributed by atoms with E-state index in [0.29, 0.717) is 15.7 Å². The average Bonchev–Trinajstić information content (AvgIpc) is 2.22. The average molecular weight is 307 g/mol. The van der Waals surface area contributed by atoms with Crippen molar-refractivity contribution in [1.82, 2.24) is 0 Å². The summed E-state index contributed by atoms with van der Waals surface area (Å²) in [7, 11) is 1.25. The predicted molar refractivity (Wildman–Crippen MR) is 65.2 cm³/mol. The summed E-state index contributed by atoms with van der Waals surface area (Å²) in [4.78, 5) is 22.2. The Morgan fingerprint density at radius 1 is 1.44 bits per heavy atom. The fourth-order valence-corrected chi connectivity index (χ4v) is 1.99. The van der Waals surface area contributed by atoms with Crippen molar-refractivity contribution in [1.29, 1.82) is 0 Å². The van der Waals surface area contributed by atoms with Crippen LogP contribution in [0.25, 0.3) is 0 Å². The molecular formula is C10H9BrClNO3. The Labute approximate surface area is 106 Å². The molecule has 0 bridgehead atoms. The number of ether oxygens (including phenoxy) is 1. The number of amides is 1. The Kier molecular flexibility index (Phi) is 4.32. The fraction of sp³-hybridized carbons (Fsp3) is 0.200. The molecule has 1 aromatic carbocycles. The number of carbonyl (C=O) groups excluding carboxylic acids is 2. The van der Waals surface area contributed by atoms with Crippen LogP contribution in [0, 0.1) is 0 Å². The van der Waals surface area contributed by atoms with Gasteiger partial charge >= 0.3 is 6.09 Å². The molecule has 0 unspecified atom stereocenters. The third kappa shape index (κ3) is 2.96. The maximum atomic E-state index is 11.1. The molecule has 1 N–H and O–H groups in total. The lowest BCUT2D eigenvalue weighted by Crippen LogP contribution is -2.12. The molecule has 0 saturated carbocycles. The predicted octanol–water partition coefficient (Wildman–Crippen LogP) is 3.48. The van der Waals surface area contributed by atoms with Crippen molar-refractivity contribution in [2.45, 2.75) is 6.92 Å². The molecule has 0 aromatic heterocycles. The van der Waals surface area contributed by atoms with E-state index in [1.54, 1.807) is 6.07 Å². The second-order valence-corrected chi connectivity index (χ2v) is 4.25. The van der Waals surface area contributed by atoms with Gasteiger partial charge in [-0.05, 0) is 35.0 Å². The minimum Gasteiger partial charge on any atom is -0.453 e. The largest absolute Gasteiger partial charge is 0.453 e. The zero-order valence-corrected chi connectivity index (χ0v) is 11.0. The molecule has 0 saturated heterocycles. The minimum atomic E-state index is -0.627. The van der Waals surface area contributed by atoms with Gasteiger partial charge < -0.3 is 4.74 Å². The Hall–Kier alpha value is -1.07. The van der Waals surface area contributed by atoms with E-state index in [-0.39, 0.29) is 10.8 Å². The number of hydrogen-bond donors (Lipinski definition) is 1. The molecule has 86 valence electrons. The van der Waals surface area contributed by atoms with Gasteiger partial charge in [0.15, 0.2) is 5.78 Å². The second-order valence-electron chi connectivity index (χ2n) is 2.99. The lowest BCUT2D eigenvalue weighted by Gasteiger charge is -2.09. The smallest absolute Gasteiger partial charge is 0.411 e.